The molecule has 8 rings (SSSR count). The van der Waals surface area contributed by atoms with Crippen molar-refractivity contribution in [3.63, 3.8) is 0 Å². The fourth-order valence-electron chi connectivity index (χ4n) is 7.62. The third-order valence-corrected chi connectivity index (χ3v) is 16.8. The van der Waals surface area contributed by atoms with Gasteiger partial charge in [0.1, 0.15) is 30.1 Å². The summed E-state index contributed by atoms with van der Waals surface area (Å²) in [5.74, 6) is 10.4. The Hall–Kier alpha value is -2.30. The van der Waals surface area contributed by atoms with Gasteiger partial charge in [-0.05, 0) is 143 Å². The minimum atomic E-state index is -3.71. The van der Waals surface area contributed by atoms with Crippen LogP contribution in [0.25, 0.3) is 11.0 Å². The van der Waals surface area contributed by atoms with Crippen molar-refractivity contribution in [1.29, 1.82) is 0 Å². The Balaban J connectivity index is 0.000000173. The molecule has 0 atom stereocenters. The van der Waals surface area contributed by atoms with Gasteiger partial charge >= 0.3 is 0 Å². The highest BCUT2D eigenvalue weighted by molar-refractivity contribution is 14.1. The van der Waals surface area contributed by atoms with E-state index in [1.54, 1.807) is 36.8 Å². The second-order valence-corrected chi connectivity index (χ2v) is 20.3. The average molecular weight is 933 g/mol. The van der Waals surface area contributed by atoms with Crippen LogP contribution in [0, 0.1) is 30.6 Å². The summed E-state index contributed by atoms with van der Waals surface area (Å²) in [6.07, 6.45) is 20.6. The van der Waals surface area contributed by atoms with Gasteiger partial charge in [-0.2, -0.15) is 24.4 Å². The highest BCUT2D eigenvalue weighted by Gasteiger charge is 2.28. The van der Waals surface area contributed by atoms with Crippen LogP contribution in [0.1, 0.15) is 82.6 Å². The Bertz CT molecular complexity index is 1920. The summed E-state index contributed by atoms with van der Waals surface area (Å²) in [6, 6.07) is 11.8. The van der Waals surface area contributed by atoms with Crippen LogP contribution in [0.15, 0.2) is 60.1 Å². The van der Waals surface area contributed by atoms with Gasteiger partial charge in [-0.15, -0.1) is 0 Å². The lowest BCUT2D eigenvalue weighted by molar-refractivity contribution is 0.344. The van der Waals surface area contributed by atoms with Gasteiger partial charge in [-0.1, -0.05) is 40.3 Å². The van der Waals surface area contributed by atoms with E-state index >= 15 is 0 Å². The largest absolute Gasteiger partial charge is 0.373 e. The topological polar surface area (TPSA) is 109 Å². The molecule has 56 heavy (non-hydrogen) atoms. The summed E-state index contributed by atoms with van der Waals surface area (Å²) in [5, 5.41) is 3.85. The molecule has 0 amide bonds. The molecule has 0 aliphatic heterocycles. The van der Waals surface area contributed by atoms with E-state index in [1.165, 1.54) is 90.4 Å². The van der Waals surface area contributed by atoms with Gasteiger partial charge in [0, 0.05) is 49.9 Å². The van der Waals surface area contributed by atoms with Gasteiger partial charge in [0.25, 0.3) is 10.0 Å². The predicted molar refractivity (Wildman–Crippen MR) is 247 cm³/mol. The van der Waals surface area contributed by atoms with E-state index in [0.717, 1.165) is 70.7 Å². The van der Waals surface area contributed by atoms with Gasteiger partial charge in [0.2, 0.25) is 0 Å². The third kappa shape index (κ3) is 11.7. The van der Waals surface area contributed by atoms with E-state index in [-0.39, 0.29) is 4.90 Å². The smallest absolute Gasteiger partial charge is 0.269 e. The molecule has 306 valence electrons. The lowest BCUT2D eigenvalue weighted by atomic mass is 9.86. The fourth-order valence-corrected chi connectivity index (χ4v) is 11.6. The van der Waals surface area contributed by atoms with Crippen molar-refractivity contribution in [2.45, 2.75) is 101 Å². The second kappa shape index (κ2) is 20.6. The van der Waals surface area contributed by atoms with Crippen molar-refractivity contribution in [1.82, 2.24) is 23.9 Å². The SMILES string of the molecule is CNc1cc(N(C)C2CCC(CSCC3CC3)CC2)ncn1.Cc1ccc(S(=O)(=O)n2ccc3c(N(C)C4CCC(CI)CC4)ncnc32)cc1.SCC1CC1. The van der Waals surface area contributed by atoms with E-state index in [9.17, 15) is 8.42 Å². The summed E-state index contributed by atoms with van der Waals surface area (Å²) >= 11 is 8.75. The fraction of sp³-hybridized carbons (Fsp3) is 0.619. The zero-order valence-electron chi connectivity index (χ0n) is 33.6. The first-order valence-corrected chi connectivity index (χ1v) is 25.2. The van der Waals surface area contributed by atoms with Gasteiger partial charge in [0.15, 0.2) is 5.65 Å². The van der Waals surface area contributed by atoms with Crippen molar-refractivity contribution in [2.24, 2.45) is 23.7 Å². The predicted octanol–water partition coefficient (Wildman–Crippen LogP) is 9.39. The van der Waals surface area contributed by atoms with Crippen molar-refractivity contribution >= 4 is 85.5 Å². The highest BCUT2D eigenvalue weighted by Crippen LogP contribution is 2.36. The molecule has 1 aromatic carbocycles. The molecule has 3 aromatic heterocycles. The lowest BCUT2D eigenvalue weighted by Crippen LogP contribution is -2.36. The van der Waals surface area contributed by atoms with E-state index in [1.807, 2.05) is 26.1 Å². The number of aromatic nitrogens is 5. The molecule has 0 spiro atoms. The number of nitrogens with zero attached hydrogens (tertiary/aromatic N) is 7. The minimum Gasteiger partial charge on any atom is -0.373 e. The minimum absolute atomic E-state index is 0.256. The monoisotopic (exact) mass is 932 g/mol. The lowest BCUT2D eigenvalue weighted by Gasteiger charge is -2.35. The maximum Gasteiger partial charge on any atom is 0.269 e. The number of anilines is 3. The van der Waals surface area contributed by atoms with Gasteiger partial charge in [-0.25, -0.2) is 32.3 Å². The van der Waals surface area contributed by atoms with Crippen LogP contribution in [-0.2, 0) is 10.0 Å². The van der Waals surface area contributed by atoms with Gasteiger partial charge in [0.05, 0.1) is 10.3 Å². The van der Waals surface area contributed by atoms with Crippen molar-refractivity contribution in [2.75, 3.05) is 57.9 Å². The van der Waals surface area contributed by atoms with E-state index < -0.39 is 10.0 Å². The second-order valence-electron chi connectivity index (χ2n) is 16.2. The Morgan fingerprint density at radius 3 is 1.91 bits per heavy atom. The van der Waals surface area contributed by atoms with Gasteiger partial charge < -0.3 is 15.1 Å². The number of thiol groups is 1. The molecule has 1 N–H and O–H groups in total. The van der Waals surface area contributed by atoms with E-state index in [0.29, 0.717) is 17.7 Å². The molecule has 14 heteroatoms. The number of fused-ring (bicyclic) bond motifs is 1. The number of rotatable bonds is 13. The van der Waals surface area contributed by atoms with Crippen LogP contribution >= 0.6 is 47.0 Å². The van der Waals surface area contributed by atoms with Crippen molar-refractivity contribution < 1.29 is 8.42 Å². The van der Waals surface area contributed by atoms with Crippen LogP contribution in [0.2, 0.25) is 0 Å². The molecule has 4 fully saturated rings. The van der Waals surface area contributed by atoms with E-state index in [4.69, 9.17) is 0 Å². The molecule has 4 saturated carbocycles. The number of thioether (sulfide) groups is 1. The van der Waals surface area contributed by atoms with Crippen molar-refractivity contribution in [3.05, 3.63) is 60.8 Å². The standard InChI is InChI=1S/C21H25IN4O2S.C17H28N4S.C4H8S/c1-15-3-9-18(10-4-15)29(27,28)26-12-11-19-20(23-14-24-21(19)26)25(2)17-7-5-16(13-22)6-8-17;1-18-16-9-17(20-12-19-16)21(2)15-7-5-14(6-8-15)11-22-10-13-3-4-13;5-3-4-1-2-4/h3-4,9-12,14,16-17H,5-8,13H2,1-2H3;9,12-15H,3-8,10-11H2,1-2H3,(H,18,19,20);4-5H,1-3H2. The number of alkyl halides is 1. The number of hydrogen-bond donors (Lipinski definition) is 2. The first-order chi connectivity index (χ1) is 27.1. The summed E-state index contributed by atoms with van der Waals surface area (Å²) < 4.78 is 28.8. The van der Waals surface area contributed by atoms with Crippen LogP contribution in [0.4, 0.5) is 17.5 Å². The Kier molecular flexibility index (Phi) is 15.9. The molecule has 0 saturated heterocycles. The van der Waals surface area contributed by atoms with Crippen LogP contribution in [0.3, 0.4) is 0 Å². The molecular weight excluding hydrogens is 872 g/mol. The molecule has 4 aliphatic rings. The Morgan fingerprint density at radius 1 is 0.786 bits per heavy atom. The normalized spacial score (nSPS) is 22.3. The Morgan fingerprint density at radius 2 is 1.36 bits per heavy atom. The van der Waals surface area contributed by atoms with Crippen LogP contribution < -0.4 is 15.1 Å². The Labute approximate surface area is 358 Å². The quantitative estimate of drug-likeness (QED) is 0.0765. The highest BCUT2D eigenvalue weighted by atomic mass is 127. The number of benzene rings is 1. The number of halogens is 1. The maximum atomic E-state index is 13.2. The van der Waals surface area contributed by atoms with Crippen LogP contribution in [0.5, 0.6) is 0 Å². The van der Waals surface area contributed by atoms with E-state index in [2.05, 4.69) is 96.1 Å². The molecule has 3 heterocycles. The molecular formula is C42H61IN8O2S3. The summed E-state index contributed by atoms with van der Waals surface area (Å²) in [5.41, 5.74) is 1.44. The average Bonchev–Trinajstić information content (AvgIpc) is 4.19. The number of nitrogens with one attached hydrogen (secondary N) is 1. The first-order valence-electron chi connectivity index (χ1n) is 20.5. The molecule has 4 aromatic rings. The molecule has 0 unspecified atom stereocenters. The number of aryl methyl sites for hydroxylation is 1. The summed E-state index contributed by atoms with van der Waals surface area (Å²) in [6.45, 7) is 1.93. The number of hydrogen-bond acceptors (Lipinski definition) is 11. The third-order valence-electron chi connectivity index (χ3n) is 11.9. The van der Waals surface area contributed by atoms with Crippen LogP contribution in [-0.4, -0.2) is 87.2 Å². The molecule has 10 nitrogen and oxygen atoms in total. The molecule has 0 radical (unpaired) electrons. The maximum absolute atomic E-state index is 13.2. The zero-order chi connectivity index (χ0) is 39.7. The first kappa shape index (κ1) is 43.3. The molecule has 4 aliphatic carbocycles. The molecule has 0 bridgehead atoms. The zero-order valence-corrected chi connectivity index (χ0v) is 38.2. The van der Waals surface area contributed by atoms with Crippen molar-refractivity contribution in [3.8, 4) is 0 Å². The summed E-state index contributed by atoms with van der Waals surface area (Å²) in [4.78, 5) is 22.2. The van der Waals surface area contributed by atoms with Gasteiger partial charge in [-0.3, -0.25) is 0 Å². The summed E-state index contributed by atoms with van der Waals surface area (Å²) in [7, 11) is 2.42.